The third kappa shape index (κ3) is 10.6. The molecule has 0 bridgehead atoms. The van der Waals surface area contributed by atoms with Crippen LogP contribution in [0.25, 0.3) is 33.2 Å². The average Bonchev–Trinajstić information content (AvgIpc) is 3.14. The first kappa shape index (κ1) is 39.5. The minimum Gasteiger partial charge on any atom is -0.508 e. The molecule has 53 heavy (non-hydrogen) atoms. The average molecular weight is 714 g/mol. The van der Waals surface area contributed by atoms with Gasteiger partial charge in [0.1, 0.15) is 34.1 Å². The summed E-state index contributed by atoms with van der Waals surface area (Å²) < 4.78 is 10.7. The van der Waals surface area contributed by atoms with Crippen LogP contribution in [0, 0.1) is 0 Å². The van der Waals surface area contributed by atoms with E-state index in [2.05, 4.69) is 46.5 Å². The quantitative estimate of drug-likeness (QED) is 0.139. The van der Waals surface area contributed by atoms with Gasteiger partial charge in [-0.05, 0) is 71.0 Å². The smallest absolute Gasteiger partial charge is 0.235 e. The highest BCUT2D eigenvalue weighted by atomic mass is 16.5. The highest BCUT2D eigenvalue weighted by Gasteiger charge is 2.18. The number of benzene rings is 5. The summed E-state index contributed by atoms with van der Waals surface area (Å²) in [5, 5.41) is 39.2. The summed E-state index contributed by atoms with van der Waals surface area (Å²) in [7, 11) is 1.62. The lowest BCUT2D eigenvalue weighted by molar-refractivity contribution is 0.405. The number of nitrogens with zero attached hydrogens (tertiary/aromatic N) is 1. The molecule has 0 saturated carbocycles. The van der Waals surface area contributed by atoms with Crippen molar-refractivity contribution in [2.45, 2.75) is 52.4 Å². The Morgan fingerprint density at radius 2 is 1.28 bits per heavy atom. The van der Waals surface area contributed by atoms with E-state index in [0.29, 0.717) is 33.5 Å². The second-order valence-electron chi connectivity index (χ2n) is 14.3. The molecule has 5 aromatic carbocycles. The van der Waals surface area contributed by atoms with Crippen molar-refractivity contribution in [2.24, 2.45) is 0 Å². The van der Waals surface area contributed by atoms with Crippen LogP contribution in [-0.4, -0.2) is 32.5 Å². The Morgan fingerprint density at radius 1 is 0.642 bits per heavy atom. The van der Waals surface area contributed by atoms with Crippen molar-refractivity contribution in [1.29, 1.82) is 0 Å². The summed E-state index contributed by atoms with van der Waals surface area (Å²) in [4.78, 5) is 16.0. The number of pyridine rings is 1. The second-order valence-corrected chi connectivity index (χ2v) is 14.3. The standard InChI is InChI=1S/C15H10O3.C11H16O2.C10H14O.C9H7NO/c16-13-11-8-4-5-9-12(11)18-15(14(13)17)10-6-2-1-3-7-10;1-11(2,3)9-7-8(13-4)5-6-10(9)12;1-10(2,3)8-4-6-9(11)7-5-8;11-8-5-1-3-7-4-2-6-10-9(7)8/h1-9,17H;5-7,12H,1-4H3;4-7,11H,1-3H3;1-6,11H. The molecule has 7 aromatic rings. The van der Waals surface area contributed by atoms with Crippen LogP contribution in [0.2, 0.25) is 0 Å². The molecule has 2 aromatic heterocycles. The molecule has 0 unspecified atom stereocenters. The van der Waals surface area contributed by atoms with Gasteiger partial charge in [0, 0.05) is 22.7 Å². The maximum absolute atomic E-state index is 12.0. The van der Waals surface area contributed by atoms with Crippen LogP contribution in [0.4, 0.5) is 0 Å². The van der Waals surface area contributed by atoms with Crippen molar-refractivity contribution in [3.8, 4) is 40.1 Å². The van der Waals surface area contributed by atoms with Crippen molar-refractivity contribution < 1.29 is 29.6 Å². The lowest BCUT2D eigenvalue weighted by Gasteiger charge is -2.20. The van der Waals surface area contributed by atoms with E-state index in [1.165, 1.54) is 5.56 Å². The fourth-order valence-corrected chi connectivity index (χ4v) is 5.21. The van der Waals surface area contributed by atoms with Gasteiger partial charge in [0.25, 0.3) is 0 Å². The number of fused-ring (bicyclic) bond motifs is 2. The number of hydrogen-bond acceptors (Lipinski definition) is 8. The van der Waals surface area contributed by atoms with Crippen LogP contribution < -0.4 is 10.2 Å². The van der Waals surface area contributed by atoms with Crippen molar-refractivity contribution in [2.75, 3.05) is 7.11 Å². The van der Waals surface area contributed by atoms with E-state index in [1.807, 2.05) is 54.6 Å². The first-order valence-corrected chi connectivity index (χ1v) is 17.1. The van der Waals surface area contributed by atoms with Gasteiger partial charge in [-0.2, -0.15) is 0 Å². The number of rotatable bonds is 2. The highest BCUT2D eigenvalue weighted by Crippen LogP contribution is 2.33. The van der Waals surface area contributed by atoms with Gasteiger partial charge in [0.2, 0.25) is 11.2 Å². The van der Waals surface area contributed by atoms with E-state index < -0.39 is 5.43 Å². The Hall–Kier alpha value is -6.28. The lowest BCUT2D eigenvalue weighted by Crippen LogP contribution is -2.11. The van der Waals surface area contributed by atoms with E-state index >= 15 is 0 Å². The molecule has 0 aliphatic rings. The monoisotopic (exact) mass is 713 g/mol. The summed E-state index contributed by atoms with van der Waals surface area (Å²) in [5.74, 6) is 1.54. The van der Waals surface area contributed by atoms with E-state index in [1.54, 1.807) is 86.1 Å². The third-order valence-corrected chi connectivity index (χ3v) is 8.17. The van der Waals surface area contributed by atoms with Crippen LogP contribution in [0.1, 0.15) is 52.7 Å². The minimum absolute atomic E-state index is 0.0569. The number of phenols is 3. The zero-order chi connectivity index (χ0) is 38.8. The number of ether oxygens (including phenoxy) is 1. The molecule has 0 aliphatic heterocycles. The maximum Gasteiger partial charge on any atom is 0.235 e. The summed E-state index contributed by atoms with van der Waals surface area (Å²) in [5.41, 5.74) is 3.68. The zero-order valence-corrected chi connectivity index (χ0v) is 31.2. The fourth-order valence-electron chi connectivity index (χ4n) is 5.21. The Balaban J connectivity index is 0.000000162. The largest absolute Gasteiger partial charge is 0.508 e. The molecule has 0 spiro atoms. The molecule has 274 valence electrons. The number of methoxy groups -OCH3 is 1. The predicted octanol–water partition coefficient (Wildman–Crippen LogP) is 10.5. The molecule has 7 rings (SSSR count). The summed E-state index contributed by atoms with van der Waals surface area (Å²) in [6.45, 7) is 12.6. The first-order chi connectivity index (χ1) is 25.1. The topological polar surface area (TPSA) is 133 Å². The molecule has 0 aliphatic carbocycles. The number of aromatic nitrogens is 1. The van der Waals surface area contributed by atoms with Gasteiger partial charge in [0.05, 0.1) is 12.5 Å². The number of hydrogen-bond donors (Lipinski definition) is 4. The lowest BCUT2D eigenvalue weighted by atomic mass is 9.86. The van der Waals surface area contributed by atoms with Gasteiger partial charge in [-0.15, -0.1) is 0 Å². The molecule has 8 nitrogen and oxygen atoms in total. The van der Waals surface area contributed by atoms with Crippen molar-refractivity contribution >= 4 is 21.9 Å². The van der Waals surface area contributed by atoms with E-state index in [0.717, 1.165) is 16.7 Å². The normalized spacial score (nSPS) is 10.9. The molecular formula is C45H47NO7. The Morgan fingerprint density at radius 3 is 1.91 bits per heavy atom. The van der Waals surface area contributed by atoms with Gasteiger partial charge >= 0.3 is 0 Å². The summed E-state index contributed by atoms with van der Waals surface area (Å²) in [6.07, 6.45) is 1.67. The van der Waals surface area contributed by atoms with Crippen LogP contribution in [-0.2, 0) is 10.8 Å². The van der Waals surface area contributed by atoms with Crippen LogP contribution in [0.15, 0.2) is 143 Å². The van der Waals surface area contributed by atoms with Crippen LogP contribution in [0.3, 0.4) is 0 Å². The maximum atomic E-state index is 12.0. The molecule has 0 fully saturated rings. The molecule has 8 heteroatoms. The Bertz CT molecular complexity index is 2300. The predicted molar refractivity (Wildman–Crippen MR) is 213 cm³/mol. The van der Waals surface area contributed by atoms with Gasteiger partial charge in [-0.3, -0.25) is 9.78 Å². The molecule has 4 N–H and O–H groups in total. The number of para-hydroxylation sites is 2. The molecule has 0 atom stereocenters. The van der Waals surface area contributed by atoms with Gasteiger partial charge < -0.3 is 29.6 Å². The van der Waals surface area contributed by atoms with E-state index in [-0.39, 0.29) is 28.1 Å². The molecule has 2 heterocycles. The molecular weight excluding hydrogens is 666 g/mol. The van der Waals surface area contributed by atoms with Crippen molar-refractivity contribution in [1.82, 2.24) is 4.98 Å². The Kier molecular flexibility index (Phi) is 12.9. The minimum atomic E-state index is -0.407. The summed E-state index contributed by atoms with van der Waals surface area (Å²) in [6, 6.07) is 37.7. The summed E-state index contributed by atoms with van der Waals surface area (Å²) >= 11 is 0. The third-order valence-electron chi connectivity index (χ3n) is 8.17. The second kappa shape index (κ2) is 17.3. The molecule has 0 amide bonds. The van der Waals surface area contributed by atoms with Crippen LogP contribution >= 0.6 is 0 Å². The fraction of sp³-hybridized carbons (Fsp3) is 0.200. The number of phenolic OH excluding ortho intramolecular Hbond substituents is 3. The molecule has 0 saturated heterocycles. The highest BCUT2D eigenvalue weighted by molar-refractivity contribution is 5.84. The van der Waals surface area contributed by atoms with Crippen molar-refractivity contribution in [3.05, 3.63) is 155 Å². The van der Waals surface area contributed by atoms with Gasteiger partial charge in [-0.25, -0.2) is 0 Å². The SMILES string of the molecule is CC(C)(C)c1ccc(O)cc1.COc1ccc(O)c(C(C)(C)C)c1.O=c1c(O)c(-c2ccccc2)oc2ccccc12.Oc1cccc2cccnc12. The number of aromatic hydroxyl groups is 4. The molecule has 0 radical (unpaired) electrons. The zero-order valence-electron chi connectivity index (χ0n) is 31.2. The Labute approximate surface area is 310 Å². The van der Waals surface area contributed by atoms with Gasteiger partial charge in [0.15, 0.2) is 5.76 Å². The van der Waals surface area contributed by atoms with Crippen LogP contribution in [0.5, 0.6) is 28.7 Å². The first-order valence-electron chi connectivity index (χ1n) is 17.1. The van der Waals surface area contributed by atoms with Crippen molar-refractivity contribution in [3.63, 3.8) is 0 Å². The van der Waals surface area contributed by atoms with E-state index in [9.17, 15) is 20.1 Å². The van der Waals surface area contributed by atoms with E-state index in [4.69, 9.17) is 14.3 Å². The van der Waals surface area contributed by atoms with Gasteiger partial charge in [-0.1, -0.05) is 114 Å².